The van der Waals surface area contributed by atoms with Gasteiger partial charge in [0.05, 0.1) is 29.1 Å². The molecule has 0 radical (unpaired) electrons. The molecule has 1 heterocycles. The Labute approximate surface area is 153 Å². The maximum atomic E-state index is 11.1. The third-order valence-corrected chi connectivity index (χ3v) is 4.30. The molecule has 0 amide bonds. The zero-order valence-electron chi connectivity index (χ0n) is 13.1. The molecule has 0 spiro atoms. The van der Waals surface area contributed by atoms with Crippen molar-refractivity contribution in [1.29, 1.82) is 0 Å². The lowest BCUT2D eigenvalue weighted by molar-refractivity contribution is -0.136. The fourth-order valence-corrected chi connectivity index (χ4v) is 2.73. The number of aliphatic carboxylic acids is 1. The van der Waals surface area contributed by atoms with E-state index in [2.05, 4.69) is 15.3 Å². The van der Waals surface area contributed by atoms with E-state index in [1.807, 2.05) is 0 Å². The standard InChI is InChI=1S/C17H13Cl2N3O3/c1-25-15-7-14-11(4-9(15)5-16(23)24)17(21-8-20-14)22-10-2-3-12(18)13(19)6-10/h2-4,6-8H,5H2,1H3,(H,23,24)(H,20,21,22). The van der Waals surface area contributed by atoms with Gasteiger partial charge in [0.2, 0.25) is 0 Å². The van der Waals surface area contributed by atoms with Crippen molar-refractivity contribution in [3.05, 3.63) is 52.3 Å². The van der Waals surface area contributed by atoms with E-state index in [9.17, 15) is 4.79 Å². The maximum Gasteiger partial charge on any atom is 0.307 e. The molecule has 1 aromatic heterocycles. The van der Waals surface area contributed by atoms with Crippen LogP contribution in [0.4, 0.5) is 11.5 Å². The van der Waals surface area contributed by atoms with Crippen LogP contribution in [0.1, 0.15) is 5.56 Å². The number of ether oxygens (including phenoxy) is 1. The molecule has 0 saturated heterocycles. The van der Waals surface area contributed by atoms with Crippen LogP contribution in [0.3, 0.4) is 0 Å². The molecule has 0 fully saturated rings. The van der Waals surface area contributed by atoms with E-state index >= 15 is 0 Å². The van der Waals surface area contributed by atoms with E-state index in [1.54, 1.807) is 30.3 Å². The molecule has 3 rings (SSSR count). The number of benzene rings is 2. The molecule has 0 bridgehead atoms. The van der Waals surface area contributed by atoms with E-state index in [1.165, 1.54) is 13.4 Å². The summed E-state index contributed by atoms with van der Waals surface area (Å²) in [5.74, 6) is 0.0419. The minimum atomic E-state index is -0.950. The normalized spacial score (nSPS) is 10.7. The van der Waals surface area contributed by atoms with Crippen molar-refractivity contribution in [1.82, 2.24) is 9.97 Å². The first-order chi connectivity index (χ1) is 12.0. The average Bonchev–Trinajstić information content (AvgIpc) is 2.57. The monoisotopic (exact) mass is 377 g/mol. The van der Waals surface area contributed by atoms with Crippen molar-refractivity contribution in [2.45, 2.75) is 6.42 Å². The lowest BCUT2D eigenvalue weighted by Gasteiger charge is -2.12. The summed E-state index contributed by atoms with van der Waals surface area (Å²) in [6.07, 6.45) is 1.25. The highest BCUT2D eigenvalue weighted by Gasteiger charge is 2.13. The lowest BCUT2D eigenvalue weighted by Crippen LogP contribution is -2.04. The van der Waals surface area contributed by atoms with Crippen molar-refractivity contribution in [3.8, 4) is 5.75 Å². The number of halogens is 2. The number of hydrogen-bond acceptors (Lipinski definition) is 5. The summed E-state index contributed by atoms with van der Waals surface area (Å²) < 4.78 is 5.27. The van der Waals surface area contributed by atoms with Gasteiger partial charge in [-0.25, -0.2) is 9.97 Å². The van der Waals surface area contributed by atoms with Crippen LogP contribution in [0.5, 0.6) is 5.75 Å². The number of nitrogens with one attached hydrogen (secondary N) is 1. The highest BCUT2D eigenvalue weighted by molar-refractivity contribution is 6.42. The Balaban J connectivity index is 2.08. The van der Waals surface area contributed by atoms with Gasteiger partial charge in [-0.2, -0.15) is 0 Å². The molecule has 0 aliphatic heterocycles. The van der Waals surface area contributed by atoms with Gasteiger partial charge in [0, 0.05) is 22.7 Å². The zero-order valence-corrected chi connectivity index (χ0v) is 14.6. The van der Waals surface area contributed by atoms with Crippen molar-refractivity contribution in [3.63, 3.8) is 0 Å². The van der Waals surface area contributed by atoms with Crippen LogP contribution in [0.15, 0.2) is 36.7 Å². The van der Waals surface area contributed by atoms with E-state index < -0.39 is 5.97 Å². The van der Waals surface area contributed by atoms with Gasteiger partial charge in [0.1, 0.15) is 17.9 Å². The van der Waals surface area contributed by atoms with Crippen LogP contribution < -0.4 is 10.1 Å². The smallest absolute Gasteiger partial charge is 0.307 e. The molecular weight excluding hydrogens is 365 g/mol. The predicted molar refractivity (Wildman–Crippen MR) is 97.2 cm³/mol. The molecule has 2 aromatic carbocycles. The van der Waals surface area contributed by atoms with Crippen LogP contribution in [-0.2, 0) is 11.2 Å². The number of aromatic nitrogens is 2. The number of hydrogen-bond donors (Lipinski definition) is 2. The fraction of sp³-hybridized carbons (Fsp3) is 0.118. The zero-order chi connectivity index (χ0) is 18.0. The van der Waals surface area contributed by atoms with Gasteiger partial charge < -0.3 is 15.2 Å². The number of nitrogens with zero attached hydrogens (tertiary/aromatic N) is 2. The minimum Gasteiger partial charge on any atom is -0.496 e. The summed E-state index contributed by atoms with van der Waals surface area (Å²) in [6, 6.07) is 8.52. The highest BCUT2D eigenvalue weighted by Crippen LogP contribution is 2.31. The van der Waals surface area contributed by atoms with Crippen LogP contribution in [0.25, 0.3) is 10.9 Å². The molecule has 0 aliphatic rings. The SMILES string of the molecule is COc1cc2ncnc(Nc3ccc(Cl)c(Cl)c3)c2cc1CC(=O)O. The average molecular weight is 378 g/mol. The molecule has 8 heteroatoms. The molecule has 25 heavy (non-hydrogen) atoms. The fourth-order valence-electron chi connectivity index (χ4n) is 2.43. The Morgan fingerprint density at radius 2 is 2.00 bits per heavy atom. The second-order valence-corrected chi connectivity index (χ2v) is 6.04. The van der Waals surface area contributed by atoms with Gasteiger partial charge in [-0.1, -0.05) is 23.2 Å². The van der Waals surface area contributed by atoms with Crippen LogP contribution in [-0.4, -0.2) is 28.2 Å². The highest BCUT2D eigenvalue weighted by atomic mass is 35.5. The number of carboxylic acid groups (broad SMARTS) is 1. The molecule has 128 valence electrons. The maximum absolute atomic E-state index is 11.1. The van der Waals surface area contributed by atoms with Gasteiger partial charge in [0.25, 0.3) is 0 Å². The van der Waals surface area contributed by atoms with E-state index in [0.29, 0.717) is 43.8 Å². The van der Waals surface area contributed by atoms with Gasteiger partial charge >= 0.3 is 5.97 Å². The molecule has 3 aromatic rings. The third-order valence-electron chi connectivity index (χ3n) is 3.56. The number of methoxy groups -OCH3 is 1. The molecule has 0 saturated carbocycles. The number of fused-ring (bicyclic) bond motifs is 1. The van der Waals surface area contributed by atoms with E-state index in [0.717, 1.165) is 0 Å². The Morgan fingerprint density at radius 3 is 2.68 bits per heavy atom. The largest absolute Gasteiger partial charge is 0.496 e. The summed E-state index contributed by atoms with van der Waals surface area (Å²) in [4.78, 5) is 19.6. The summed E-state index contributed by atoms with van der Waals surface area (Å²) in [5.41, 5.74) is 1.86. The van der Waals surface area contributed by atoms with Crippen molar-refractivity contribution in [2.75, 3.05) is 12.4 Å². The number of carbonyl (C=O) groups is 1. The van der Waals surface area contributed by atoms with Gasteiger partial charge in [-0.05, 0) is 24.3 Å². The Hall–Kier alpha value is -2.57. The van der Waals surface area contributed by atoms with Crippen LogP contribution in [0, 0.1) is 0 Å². The summed E-state index contributed by atoms with van der Waals surface area (Å²) in [6.45, 7) is 0. The van der Waals surface area contributed by atoms with E-state index in [-0.39, 0.29) is 6.42 Å². The molecular formula is C17H13Cl2N3O3. The van der Waals surface area contributed by atoms with Crippen molar-refractivity contribution < 1.29 is 14.6 Å². The van der Waals surface area contributed by atoms with E-state index in [4.69, 9.17) is 33.0 Å². The first-order valence-electron chi connectivity index (χ1n) is 7.23. The first-order valence-corrected chi connectivity index (χ1v) is 7.99. The first kappa shape index (κ1) is 17.3. The number of rotatable bonds is 5. The summed E-state index contributed by atoms with van der Waals surface area (Å²) >= 11 is 12.0. The Morgan fingerprint density at radius 1 is 1.20 bits per heavy atom. The second-order valence-electron chi connectivity index (χ2n) is 5.23. The second kappa shape index (κ2) is 7.13. The quantitative estimate of drug-likeness (QED) is 0.688. The number of carboxylic acids is 1. The molecule has 0 atom stereocenters. The number of anilines is 2. The van der Waals surface area contributed by atoms with Gasteiger partial charge in [-0.15, -0.1) is 0 Å². The topological polar surface area (TPSA) is 84.3 Å². The summed E-state index contributed by atoms with van der Waals surface area (Å²) in [5, 5.41) is 13.8. The molecule has 6 nitrogen and oxygen atoms in total. The third kappa shape index (κ3) is 3.75. The molecule has 0 aliphatic carbocycles. The lowest BCUT2D eigenvalue weighted by atomic mass is 10.1. The Kier molecular flexibility index (Phi) is 4.92. The molecule has 0 unspecified atom stereocenters. The minimum absolute atomic E-state index is 0.166. The molecule has 2 N–H and O–H groups in total. The van der Waals surface area contributed by atoms with Crippen LogP contribution >= 0.6 is 23.2 Å². The van der Waals surface area contributed by atoms with Crippen molar-refractivity contribution >= 4 is 51.6 Å². The predicted octanol–water partition coefficient (Wildman–Crippen LogP) is 4.32. The Bertz CT molecular complexity index is 963. The van der Waals surface area contributed by atoms with Gasteiger partial charge in [0.15, 0.2) is 0 Å². The van der Waals surface area contributed by atoms with Gasteiger partial charge in [-0.3, -0.25) is 4.79 Å². The van der Waals surface area contributed by atoms with Crippen LogP contribution in [0.2, 0.25) is 10.0 Å². The summed E-state index contributed by atoms with van der Waals surface area (Å²) in [7, 11) is 1.49. The van der Waals surface area contributed by atoms with Crippen molar-refractivity contribution in [2.24, 2.45) is 0 Å².